The third-order valence-electron chi connectivity index (χ3n) is 7.30. The Labute approximate surface area is 205 Å². The van der Waals surface area contributed by atoms with Gasteiger partial charge in [0, 0.05) is 42.4 Å². The summed E-state index contributed by atoms with van der Waals surface area (Å²) in [5, 5.41) is 2.87. The lowest BCUT2D eigenvalue weighted by atomic mass is 9.93. The highest BCUT2D eigenvalue weighted by Crippen LogP contribution is 2.54. The van der Waals surface area contributed by atoms with Gasteiger partial charge >= 0.3 is 0 Å². The molecule has 0 bridgehead atoms. The lowest BCUT2D eigenvalue weighted by molar-refractivity contribution is -0.0560. The maximum Gasteiger partial charge on any atom is 0.265 e. The van der Waals surface area contributed by atoms with Crippen LogP contribution in [0.1, 0.15) is 59.2 Å². The molecule has 9 heteroatoms. The van der Waals surface area contributed by atoms with Crippen LogP contribution in [0.5, 0.6) is 0 Å². The van der Waals surface area contributed by atoms with Crippen LogP contribution in [0.4, 0.5) is 20.2 Å². The molecule has 6 nitrogen and oxygen atoms in total. The number of anilines is 2. The Morgan fingerprint density at radius 2 is 1.76 bits per heavy atom. The van der Waals surface area contributed by atoms with E-state index in [0.717, 1.165) is 31.6 Å². The van der Waals surface area contributed by atoms with E-state index in [9.17, 15) is 18.4 Å². The van der Waals surface area contributed by atoms with Crippen molar-refractivity contribution in [2.45, 2.75) is 44.4 Å². The van der Waals surface area contributed by atoms with Gasteiger partial charge in [-0.2, -0.15) is 0 Å². The van der Waals surface area contributed by atoms with Crippen LogP contribution in [0, 0.1) is 5.41 Å². The van der Waals surface area contributed by atoms with Crippen molar-refractivity contribution in [1.82, 2.24) is 9.88 Å². The summed E-state index contributed by atoms with van der Waals surface area (Å²) in [7, 11) is 0. The number of nitrogens with one attached hydrogen (secondary N) is 1. The van der Waals surface area contributed by atoms with Gasteiger partial charge in [-0.15, -0.1) is 0 Å². The zero-order valence-electron chi connectivity index (χ0n) is 18.8. The molecule has 1 saturated carbocycles. The average molecular weight is 533 g/mol. The average Bonchev–Trinajstić information content (AvgIpc) is 3.58. The highest BCUT2D eigenvalue weighted by Gasteiger charge is 2.44. The summed E-state index contributed by atoms with van der Waals surface area (Å²) >= 11 is 3.35. The molecule has 5 rings (SSSR count). The lowest BCUT2D eigenvalue weighted by Crippen LogP contribution is -2.45. The normalized spacial score (nSPS) is 20.8. The molecule has 1 spiro atoms. The van der Waals surface area contributed by atoms with Gasteiger partial charge < -0.3 is 15.1 Å². The van der Waals surface area contributed by atoms with Crippen molar-refractivity contribution in [1.29, 1.82) is 0 Å². The number of carbonyl (C=O) groups is 2. The number of halogens is 3. The van der Waals surface area contributed by atoms with E-state index in [-0.39, 0.29) is 30.9 Å². The largest absolute Gasteiger partial charge is 0.370 e. The molecule has 0 atom stereocenters. The van der Waals surface area contributed by atoms with Gasteiger partial charge in [-0.3, -0.25) is 14.6 Å². The molecule has 0 radical (unpaired) electrons. The van der Waals surface area contributed by atoms with Gasteiger partial charge in [-0.25, -0.2) is 8.78 Å². The summed E-state index contributed by atoms with van der Waals surface area (Å²) < 4.78 is 28.2. The molecule has 180 valence electrons. The standard InChI is InChI=1S/C25H27BrF2N4O2/c26-20-3-2-17(14-19(20)23(34)32-11-1-5-25(27,28)16-32)30-22(33)18-4-10-29-15-21(18)31-12-8-24(6-7-24)9-13-31/h2-4,10,14-15H,1,5-9,11-13,16H2,(H,30,33). The molecule has 3 heterocycles. The second kappa shape index (κ2) is 8.91. The first-order valence-corrected chi connectivity index (χ1v) is 12.5. The topological polar surface area (TPSA) is 65.5 Å². The molecule has 1 N–H and O–H groups in total. The van der Waals surface area contributed by atoms with Crippen LogP contribution in [0.15, 0.2) is 41.1 Å². The molecule has 2 aromatic rings. The van der Waals surface area contributed by atoms with Crippen molar-refractivity contribution < 1.29 is 18.4 Å². The number of hydrogen-bond acceptors (Lipinski definition) is 4. The number of nitrogens with zero attached hydrogens (tertiary/aromatic N) is 3. The minimum atomic E-state index is -2.88. The number of hydrogen-bond donors (Lipinski definition) is 1. The molecule has 1 aromatic heterocycles. The van der Waals surface area contributed by atoms with E-state index in [2.05, 4.69) is 31.1 Å². The Morgan fingerprint density at radius 1 is 1.00 bits per heavy atom. The zero-order valence-corrected chi connectivity index (χ0v) is 20.4. The molecule has 2 amide bonds. The number of likely N-dealkylation sites (tertiary alicyclic amines) is 1. The summed E-state index contributed by atoms with van der Waals surface area (Å²) in [6.45, 7) is 1.51. The van der Waals surface area contributed by atoms with E-state index < -0.39 is 18.4 Å². The van der Waals surface area contributed by atoms with Crippen LogP contribution < -0.4 is 10.2 Å². The first-order valence-electron chi connectivity index (χ1n) is 11.7. The van der Waals surface area contributed by atoms with E-state index in [1.165, 1.54) is 23.8 Å². The number of amides is 2. The maximum atomic E-state index is 13.8. The predicted octanol–water partition coefficient (Wildman–Crippen LogP) is 5.35. The lowest BCUT2D eigenvalue weighted by Gasteiger charge is -2.34. The number of pyridine rings is 1. The van der Waals surface area contributed by atoms with Gasteiger partial charge in [0.25, 0.3) is 17.7 Å². The van der Waals surface area contributed by atoms with Gasteiger partial charge in [0.05, 0.1) is 29.6 Å². The second-order valence-corrected chi connectivity index (χ2v) is 10.6. The molecule has 2 aliphatic heterocycles. The minimum Gasteiger partial charge on any atom is -0.370 e. The van der Waals surface area contributed by atoms with Crippen LogP contribution in [0.25, 0.3) is 0 Å². The van der Waals surface area contributed by atoms with E-state index >= 15 is 0 Å². The molecule has 0 unspecified atom stereocenters. The maximum absolute atomic E-state index is 13.8. The van der Waals surface area contributed by atoms with Gasteiger partial charge in [-0.1, -0.05) is 0 Å². The fraction of sp³-hybridized carbons (Fsp3) is 0.480. The molecular weight excluding hydrogens is 506 g/mol. The SMILES string of the molecule is O=C(Nc1ccc(Br)c(C(=O)N2CCCC(F)(F)C2)c1)c1ccncc1N1CCC2(CC1)CC2. The quantitative estimate of drug-likeness (QED) is 0.576. The van der Waals surface area contributed by atoms with Crippen LogP contribution in [-0.4, -0.2) is 53.8 Å². The van der Waals surface area contributed by atoms with Gasteiger partial charge in [0.15, 0.2) is 0 Å². The summed E-state index contributed by atoms with van der Waals surface area (Å²) in [5.74, 6) is -3.65. The second-order valence-electron chi connectivity index (χ2n) is 9.71. The Morgan fingerprint density at radius 3 is 2.47 bits per heavy atom. The Hall–Kier alpha value is -2.55. The number of carbonyl (C=O) groups excluding carboxylic acids is 2. The number of piperidine rings is 2. The fourth-order valence-corrected chi connectivity index (χ4v) is 5.42. The molecule has 1 aliphatic carbocycles. The van der Waals surface area contributed by atoms with Crippen molar-refractivity contribution in [3.63, 3.8) is 0 Å². The molecule has 34 heavy (non-hydrogen) atoms. The number of benzene rings is 1. The minimum absolute atomic E-state index is 0.208. The summed E-state index contributed by atoms with van der Waals surface area (Å²) in [5.41, 5.74) is 2.53. The zero-order chi connectivity index (χ0) is 23.9. The molecule has 3 fully saturated rings. The van der Waals surface area contributed by atoms with E-state index in [1.54, 1.807) is 30.6 Å². The van der Waals surface area contributed by atoms with Gasteiger partial charge in [0.1, 0.15) is 0 Å². The van der Waals surface area contributed by atoms with Crippen LogP contribution in [-0.2, 0) is 0 Å². The third-order valence-corrected chi connectivity index (χ3v) is 7.99. The first-order chi connectivity index (χ1) is 16.3. The highest BCUT2D eigenvalue weighted by molar-refractivity contribution is 9.10. The van der Waals surface area contributed by atoms with Crippen molar-refractivity contribution in [2.24, 2.45) is 5.41 Å². The number of rotatable bonds is 4. The Balaban J connectivity index is 1.32. The predicted molar refractivity (Wildman–Crippen MR) is 130 cm³/mol. The molecule has 1 aromatic carbocycles. The highest BCUT2D eigenvalue weighted by atomic mass is 79.9. The van der Waals surface area contributed by atoms with Gasteiger partial charge in [-0.05, 0) is 77.7 Å². The van der Waals surface area contributed by atoms with E-state index in [1.807, 2.05) is 0 Å². The van der Waals surface area contributed by atoms with E-state index in [0.29, 0.717) is 21.1 Å². The van der Waals surface area contributed by atoms with E-state index in [4.69, 9.17) is 0 Å². The molecule has 2 saturated heterocycles. The Kier molecular flexibility index (Phi) is 6.08. The van der Waals surface area contributed by atoms with Crippen molar-refractivity contribution in [3.05, 3.63) is 52.3 Å². The van der Waals surface area contributed by atoms with Crippen LogP contribution in [0.2, 0.25) is 0 Å². The molecule has 3 aliphatic rings. The van der Waals surface area contributed by atoms with Crippen molar-refractivity contribution in [2.75, 3.05) is 36.4 Å². The van der Waals surface area contributed by atoms with Crippen molar-refractivity contribution >= 4 is 39.1 Å². The summed E-state index contributed by atoms with van der Waals surface area (Å²) in [6.07, 6.45) is 8.26. The number of aromatic nitrogens is 1. The monoisotopic (exact) mass is 532 g/mol. The van der Waals surface area contributed by atoms with Gasteiger partial charge in [0.2, 0.25) is 0 Å². The third kappa shape index (κ3) is 4.80. The number of alkyl halides is 2. The van der Waals surface area contributed by atoms with Crippen LogP contribution >= 0.6 is 15.9 Å². The first kappa shape index (κ1) is 23.2. The molecular formula is C25H27BrF2N4O2. The van der Waals surface area contributed by atoms with Crippen LogP contribution in [0.3, 0.4) is 0 Å². The fourth-order valence-electron chi connectivity index (χ4n) is 5.00. The summed E-state index contributed by atoms with van der Waals surface area (Å²) in [4.78, 5) is 33.8. The smallest absolute Gasteiger partial charge is 0.265 e. The van der Waals surface area contributed by atoms with Crippen molar-refractivity contribution in [3.8, 4) is 0 Å². The summed E-state index contributed by atoms with van der Waals surface area (Å²) in [6, 6.07) is 6.57. The Bertz CT molecular complexity index is 1110.